The fourth-order valence-corrected chi connectivity index (χ4v) is 2.37. The Morgan fingerprint density at radius 2 is 2.17 bits per heavy atom. The third kappa shape index (κ3) is 2.82. The van der Waals surface area contributed by atoms with Gasteiger partial charge in [0.1, 0.15) is 5.75 Å². The zero-order valence-corrected chi connectivity index (χ0v) is 10.7. The Labute approximate surface area is 108 Å². The van der Waals surface area contributed by atoms with Crippen molar-refractivity contribution in [3.63, 3.8) is 0 Å². The highest BCUT2D eigenvalue weighted by molar-refractivity contribution is 5.86. The molecule has 18 heavy (non-hydrogen) atoms. The molecule has 1 fully saturated rings. The maximum absolute atomic E-state index is 12.0. The third-order valence-electron chi connectivity index (χ3n) is 3.54. The highest BCUT2D eigenvalue weighted by Crippen LogP contribution is 2.27. The Bertz CT molecular complexity index is 426. The molecule has 2 rings (SSSR count). The number of rotatable bonds is 4. The lowest BCUT2D eigenvalue weighted by atomic mass is 9.98. The van der Waals surface area contributed by atoms with Crippen molar-refractivity contribution in [1.82, 2.24) is 5.32 Å². The highest BCUT2D eigenvalue weighted by Gasteiger charge is 2.36. The van der Waals surface area contributed by atoms with E-state index in [9.17, 15) is 4.79 Å². The van der Waals surface area contributed by atoms with Crippen molar-refractivity contribution >= 4 is 5.91 Å². The average Bonchev–Trinajstić information content (AvgIpc) is 2.84. The van der Waals surface area contributed by atoms with Gasteiger partial charge in [-0.2, -0.15) is 0 Å². The molecule has 4 nitrogen and oxygen atoms in total. The second-order valence-corrected chi connectivity index (χ2v) is 4.90. The van der Waals surface area contributed by atoms with Gasteiger partial charge in [0.05, 0.1) is 12.6 Å². The van der Waals surface area contributed by atoms with Gasteiger partial charge < -0.3 is 15.8 Å². The molecule has 1 aliphatic carbocycles. The van der Waals surface area contributed by atoms with Crippen molar-refractivity contribution in [2.24, 2.45) is 5.73 Å². The lowest BCUT2D eigenvalue weighted by Crippen LogP contribution is -2.51. The molecular formula is C14H20N2O2. The minimum atomic E-state index is -0.654. The quantitative estimate of drug-likeness (QED) is 0.850. The second kappa shape index (κ2) is 5.40. The van der Waals surface area contributed by atoms with Crippen molar-refractivity contribution < 1.29 is 9.53 Å². The first-order valence-electron chi connectivity index (χ1n) is 6.34. The number of carbonyl (C=O) groups excluding carboxylic acids is 1. The van der Waals surface area contributed by atoms with Crippen molar-refractivity contribution in [1.29, 1.82) is 0 Å². The zero-order chi connectivity index (χ0) is 13.0. The van der Waals surface area contributed by atoms with Crippen LogP contribution in [0.2, 0.25) is 0 Å². The molecule has 0 aromatic heterocycles. The molecule has 1 aromatic rings. The van der Waals surface area contributed by atoms with Crippen molar-refractivity contribution in [2.75, 3.05) is 7.11 Å². The minimum Gasteiger partial charge on any atom is -0.497 e. The van der Waals surface area contributed by atoms with E-state index in [1.54, 1.807) is 7.11 Å². The summed E-state index contributed by atoms with van der Waals surface area (Å²) in [7, 11) is 1.63. The maximum atomic E-state index is 12.0. The normalized spacial score (nSPS) is 17.4. The van der Waals surface area contributed by atoms with Gasteiger partial charge in [-0.15, -0.1) is 0 Å². The van der Waals surface area contributed by atoms with Gasteiger partial charge >= 0.3 is 0 Å². The Morgan fingerprint density at radius 1 is 1.44 bits per heavy atom. The Morgan fingerprint density at radius 3 is 2.83 bits per heavy atom. The molecule has 4 heteroatoms. The second-order valence-electron chi connectivity index (χ2n) is 4.90. The van der Waals surface area contributed by atoms with E-state index >= 15 is 0 Å². The number of hydrogen-bond acceptors (Lipinski definition) is 3. The number of benzene rings is 1. The van der Waals surface area contributed by atoms with Gasteiger partial charge in [0.15, 0.2) is 0 Å². The molecule has 0 aliphatic heterocycles. The molecule has 3 N–H and O–H groups in total. The molecule has 0 unspecified atom stereocenters. The number of amides is 1. The monoisotopic (exact) mass is 248 g/mol. The van der Waals surface area contributed by atoms with Crippen molar-refractivity contribution in [3.05, 3.63) is 29.8 Å². The number of nitrogens with two attached hydrogens (primary N) is 1. The molecule has 0 atom stereocenters. The fourth-order valence-electron chi connectivity index (χ4n) is 2.37. The molecule has 1 amide bonds. The number of ether oxygens (including phenoxy) is 1. The van der Waals surface area contributed by atoms with Crippen LogP contribution in [0.5, 0.6) is 5.75 Å². The summed E-state index contributed by atoms with van der Waals surface area (Å²) >= 11 is 0. The molecule has 0 spiro atoms. The van der Waals surface area contributed by atoms with Gasteiger partial charge in [-0.05, 0) is 30.5 Å². The first kappa shape index (κ1) is 12.9. The van der Waals surface area contributed by atoms with E-state index in [1.165, 1.54) is 0 Å². The molecule has 0 heterocycles. The van der Waals surface area contributed by atoms with E-state index in [0.29, 0.717) is 6.54 Å². The first-order chi connectivity index (χ1) is 8.64. The molecule has 0 saturated heterocycles. The lowest BCUT2D eigenvalue weighted by Gasteiger charge is -2.22. The summed E-state index contributed by atoms with van der Waals surface area (Å²) in [4.78, 5) is 12.0. The number of carbonyl (C=O) groups is 1. The molecule has 1 aromatic carbocycles. The van der Waals surface area contributed by atoms with E-state index in [-0.39, 0.29) is 5.91 Å². The van der Waals surface area contributed by atoms with Crippen molar-refractivity contribution in [2.45, 2.75) is 37.8 Å². The number of nitrogens with one attached hydrogen (secondary N) is 1. The fraction of sp³-hybridized carbons (Fsp3) is 0.500. The lowest BCUT2D eigenvalue weighted by molar-refractivity contribution is -0.126. The van der Waals surface area contributed by atoms with Crippen molar-refractivity contribution in [3.8, 4) is 5.75 Å². The number of hydrogen-bond donors (Lipinski definition) is 2. The summed E-state index contributed by atoms with van der Waals surface area (Å²) in [5.74, 6) is 0.757. The summed E-state index contributed by atoms with van der Waals surface area (Å²) < 4.78 is 5.14. The van der Waals surface area contributed by atoms with Crippen LogP contribution >= 0.6 is 0 Å². The Balaban J connectivity index is 1.92. The van der Waals surface area contributed by atoms with Crippen LogP contribution in [0.15, 0.2) is 24.3 Å². The van der Waals surface area contributed by atoms with Crippen LogP contribution in [0.1, 0.15) is 31.2 Å². The molecule has 98 valence electrons. The topological polar surface area (TPSA) is 64.3 Å². The van der Waals surface area contributed by atoms with Crippen LogP contribution in [0.4, 0.5) is 0 Å². The van der Waals surface area contributed by atoms with E-state index in [4.69, 9.17) is 10.5 Å². The number of methoxy groups -OCH3 is 1. The molecule has 0 bridgehead atoms. The van der Waals surface area contributed by atoms with E-state index < -0.39 is 5.54 Å². The molecule has 0 radical (unpaired) electrons. The highest BCUT2D eigenvalue weighted by atomic mass is 16.5. The van der Waals surface area contributed by atoms with Gasteiger partial charge in [-0.3, -0.25) is 4.79 Å². The summed E-state index contributed by atoms with van der Waals surface area (Å²) in [6.07, 6.45) is 3.67. The van der Waals surface area contributed by atoms with E-state index in [0.717, 1.165) is 37.0 Å². The van der Waals surface area contributed by atoms with Gasteiger partial charge in [-0.1, -0.05) is 25.0 Å². The maximum Gasteiger partial charge on any atom is 0.240 e. The van der Waals surface area contributed by atoms with Crippen LogP contribution in [0.25, 0.3) is 0 Å². The smallest absolute Gasteiger partial charge is 0.240 e. The van der Waals surface area contributed by atoms with Gasteiger partial charge in [0, 0.05) is 6.54 Å². The van der Waals surface area contributed by atoms with Crippen LogP contribution < -0.4 is 15.8 Å². The van der Waals surface area contributed by atoms with Crippen LogP contribution in [-0.2, 0) is 11.3 Å². The van der Waals surface area contributed by atoms with Crippen LogP contribution in [0.3, 0.4) is 0 Å². The van der Waals surface area contributed by atoms with Crippen LogP contribution in [0, 0.1) is 0 Å². The van der Waals surface area contributed by atoms with Gasteiger partial charge in [-0.25, -0.2) is 0 Å². The molecule has 1 saturated carbocycles. The summed E-state index contributed by atoms with van der Waals surface area (Å²) in [5.41, 5.74) is 6.45. The van der Waals surface area contributed by atoms with E-state index in [2.05, 4.69) is 5.32 Å². The predicted molar refractivity (Wildman–Crippen MR) is 70.2 cm³/mol. The third-order valence-corrected chi connectivity index (χ3v) is 3.54. The Hall–Kier alpha value is -1.55. The largest absolute Gasteiger partial charge is 0.497 e. The predicted octanol–water partition coefficient (Wildman–Crippen LogP) is 1.58. The van der Waals surface area contributed by atoms with E-state index in [1.807, 2.05) is 24.3 Å². The zero-order valence-electron chi connectivity index (χ0n) is 10.7. The molecular weight excluding hydrogens is 228 g/mol. The molecule has 1 aliphatic rings. The summed E-state index contributed by atoms with van der Waals surface area (Å²) in [6, 6.07) is 7.67. The van der Waals surface area contributed by atoms with Gasteiger partial charge in [0.2, 0.25) is 5.91 Å². The summed E-state index contributed by atoms with van der Waals surface area (Å²) in [5, 5.41) is 2.91. The summed E-state index contributed by atoms with van der Waals surface area (Å²) in [6.45, 7) is 0.495. The Kier molecular flexibility index (Phi) is 3.87. The minimum absolute atomic E-state index is 0.0391. The average molecular weight is 248 g/mol. The van der Waals surface area contributed by atoms with Crippen LogP contribution in [-0.4, -0.2) is 18.6 Å². The standard InChI is InChI=1S/C14H20N2O2/c1-18-12-6-4-5-11(9-12)10-16-13(17)14(15)7-2-3-8-14/h4-6,9H,2-3,7-8,10,15H2,1H3,(H,16,17). The van der Waals surface area contributed by atoms with Gasteiger partial charge in [0.25, 0.3) is 0 Å². The first-order valence-corrected chi connectivity index (χ1v) is 6.34. The SMILES string of the molecule is COc1cccc(CNC(=O)C2(N)CCCC2)c1.